The average Bonchev–Trinajstić information content (AvgIpc) is 3.39. The number of halogens is 4. The van der Waals surface area contributed by atoms with Crippen LogP contribution in [0.2, 0.25) is 0 Å². The number of benzene rings is 1. The Kier molecular flexibility index (Phi) is 5.97. The van der Waals surface area contributed by atoms with E-state index in [1.165, 1.54) is 23.5 Å². The third-order valence-electron chi connectivity index (χ3n) is 5.20. The van der Waals surface area contributed by atoms with Crippen LogP contribution >= 0.6 is 11.3 Å². The maximum Gasteiger partial charge on any atom is 0.404 e. The Bertz CT molecular complexity index is 1520. The van der Waals surface area contributed by atoms with Gasteiger partial charge >= 0.3 is 6.18 Å². The lowest BCUT2D eigenvalue weighted by atomic mass is 10.1. The zero-order chi connectivity index (χ0) is 24.8. The molecule has 4 aromatic rings. The number of aryl methyl sites for hydroxylation is 1. The van der Waals surface area contributed by atoms with Crippen molar-refractivity contribution in [3.05, 3.63) is 64.9 Å². The van der Waals surface area contributed by atoms with Crippen molar-refractivity contribution in [2.24, 2.45) is 0 Å². The number of sulfonamides is 1. The van der Waals surface area contributed by atoms with Gasteiger partial charge in [0, 0.05) is 11.6 Å². The molecule has 3 heterocycles. The first kappa shape index (κ1) is 23.9. The molecule has 0 aliphatic rings. The van der Waals surface area contributed by atoms with Gasteiger partial charge in [-0.2, -0.15) is 23.2 Å². The minimum atomic E-state index is -4.75. The summed E-state index contributed by atoms with van der Waals surface area (Å²) < 4.78 is 80.8. The van der Waals surface area contributed by atoms with E-state index in [4.69, 9.17) is 0 Å². The van der Waals surface area contributed by atoms with Gasteiger partial charge in [0.25, 0.3) is 0 Å². The van der Waals surface area contributed by atoms with E-state index in [2.05, 4.69) is 11.1 Å². The standard InChI is InChI=1S/C22H16F4N4O2S2/c1-12-8-19-15(9-17(12)23)16(10-27)21(30(19)20-4-3-7-33-20)18-6-5-14(11-28-18)34(31,32)29-13(2)22(24,25)26/h3-9,11,13,29H,1-2H3/t13-/m0/s1. The molecule has 34 heavy (non-hydrogen) atoms. The van der Waals surface area contributed by atoms with E-state index in [0.717, 1.165) is 12.3 Å². The smallest absolute Gasteiger partial charge is 0.298 e. The van der Waals surface area contributed by atoms with Gasteiger partial charge in [0.1, 0.15) is 27.8 Å². The predicted molar refractivity (Wildman–Crippen MR) is 120 cm³/mol. The summed E-state index contributed by atoms with van der Waals surface area (Å²) in [5, 5.41) is 12.8. The van der Waals surface area contributed by atoms with E-state index < -0.39 is 33.0 Å². The Morgan fingerprint density at radius 2 is 1.97 bits per heavy atom. The molecular formula is C22H16F4N4O2S2. The molecule has 0 saturated heterocycles. The summed E-state index contributed by atoms with van der Waals surface area (Å²) in [5.74, 6) is -0.488. The van der Waals surface area contributed by atoms with Crippen molar-refractivity contribution >= 4 is 32.3 Å². The molecule has 12 heteroatoms. The highest BCUT2D eigenvalue weighted by Crippen LogP contribution is 2.37. The lowest BCUT2D eigenvalue weighted by Gasteiger charge is -2.17. The van der Waals surface area contributed by atoms with Gasteiger partial charge in [-0.05, 0) is 61.2 Å². The van der Waals surface area contributed by atoms with Crippen molar-refractivity contribution in [2.75, 3.05) is 0 Å². The maximum absolute atomic E-state index is 14.3. The fraction of sp³-hybridized carbons (Fsp3) is 0.182. The van der Waals surface area contributed by atoms with Crippen LogP contribution in [-0.2, 0) is 10.0 Å². The second-order valence-corrected chi connectivity index (χ2v) is 10.1. The summed E-state index contributed by atoms with van der Waals surface area (Å²) in [5.41, 5.74) is 1.58. The summed E-state index contributed by atoms with van der Waals surface area (Å²) >= 11 is 1.37. The molecular weight excluding hydrogens is 492 g/mol. The van der Waals surface area contributed by atoms with Crippen LogP contribution in [0.3, 0.4) is 0 Å². The second kappa shape index (κ2) is 8.50. The van der Waals surface area contributed by atoms with Gasteiger partial charge in [-0.1, -0.05) is 0 Å². The maximum atomic E-state index is 14.3. The minimum Gasteiger partial charge on any atom is -0.298 e. The number of nitriles is 1. The van der Waals surface area contributed by atoms with Crippen LogP contribution in [-0.4, -0.2) is 30.2 Å². The summed E-state index contributed by atoms with van der Waals surface area (Å²) in [7, 11) is -4.50. The first-order chi connectivity index (χ1) is 15.9. The quantitative estimate of drug-likeness (QED) is 0.371. The molecule has 0 amide bonds. The summed E-state index contributed by atoms with van der Waals surface area (Å²) in [6, 6.07) is 8.66. The topological polar surface area (TPSA) is 87.8 Å². The second-order valence-electron chi connectivity index (χ2n) is 7.50. The SMILES string of the molecule is Cc1cc2c(cc1F)c(C#N)c(-c1ccc(S(=O)(=O)N[C@@H](C)C(F)(F)F)cn1)n2-c1cccs1. The molecule has 1 aromatic carbocycles. The van der Waals surface area contributed by atoms with Crippen molar-refractivity contribution in [3.8, 4) is 22.5 Å². The number of pyridine rings is 1. The molecule has 1 atom stereocenters. The molecule has 6 nitrogen and oxygen atoms in total. The Hall–Kier alpha value is -3.27. The molecule has 0 aliphatic carbocycles. The van der Waals surface area contributed by atoms with Crippen LogP contribution < -0.4 is 4.72 Å². The summed E-state index contributed by atoms with van der Waals surface area (Å²) in [4.78, 5) is 3.68. The number of nitrogens with zero attached hydrogens (tertiary/aromatic N) is 3. The minimum absolute atomic E-state index is 0.134. The summed E-state index contributed by atoms with van der Waals surface area (Å²) in [6.45, 7) is 2.29. The fourth-order valence-electron chi connectivity index (χ4n) is 3.44. The molecule has 0 fully saturated rings. The van der Waals surface area contributed by atoms with Crippen LogP contribution in [0.15, 0.2) is 52.9 Å². The molecule has 0 spiro atoms. The molecule has 1 N–H and O–H groups in total. The first-order valence-electron chi connectivity index (χ1n) is 9.78. The van der Waals surface area contributed by atoms with E-state index in [9.17, 15) is 31.2 Å². The third kappa shape index (κ3) is 4.18. The Morgan fingerprint density at radius 1 is 1.24 bits per heavy atom. The van der Waals surface area contributed by atoms with E-state index in [1.54, 1.807) is 34.4 Å². The fourth-order valence-corrected chi connectivity index (χ4v) is 5.36. The number of hydrogen-bond donors (Lipinski definition) is 1. The van der Waals surface area contributed by atoms with Gasteiger partial charge in [0.05, 0.1) is 22.5 Å². The highest BCUT2D eigenvalue weighted by atomic mass is 32.2. The lowest BCUT2D eigenvalue weighted by Crippen LogP contribution is -2.42. The number of thiophene rings is 1. The van der Waals surface area contributed by atoms with Gasteiger partial charge < -0.3 is 0 Å². The van der Waals surface area contributed by atoms with Gasteiger partial charge in [-0.3, -0.25) is 9.55 Å². The average molecular weight is 509 g/mol. The van der Waals surface area contributed by atoms with Crippen molar-refractivity contribution < 1.29 is 26.0 Å². The number of aromatic nitrogens is 2. The number of fused-ring (bicyclic) bond motifs is 1. The highest BCUT2D eigenvalue weighted by Gasteiger charge is 2.39. The lowest BCUT2D eigenvalue weighted by molar-refractivity contribution is -0.147. The largest absolute Gasteiger partial charge is 0.404 e. The number of nitrogens with one attached hydrogen (secondary N) is 1. The monoisotopic (exact) mass is 508 g/mol. The molecule has 3 aromatic heterocycles. The van der Waals surface area contributed by atoms with E-state index in [0.29, 0.717) is 34.1 Å². The Labute approximate surface area is 196 Å². The predicted octanol–water partition coefficient (Wildman–Crippen LogP) is 5.30. The highest BCUT2D eigenvalue weighted by molar-refractivity contribution is 7.89. The zero-order valence-electron chi connectivity index (χ0n) is 17.7. The van der Waals surface area contributed by atoms with Gasteiger partial charge in [0.2, 0.25) is 10.0 Å². The molecule has 0 aliphatic heterocycles. The number of alkyl halides is 3. The van der Waals surface area contributed by atoms with Crippen molar-refractivity contribution in [1.29, 1.82) is 5.26 Å². The Balaban J connectivity index is 1.88. The number of rotatable bonds is 5. The van der Waals surface area contributed by atoms with Crippen molar-refractivity contribution in [3.63, 3.8) is 0 Å². The third-order valence-corrected chi connectivity index (χ3v) is 7.58. The summed E-state index contributed by atoms with van der Waals surface area (Å²) in [6.07, 6.45) is -3.83. The normalized spacial score (nSPS) is 13.2. The van der Waals surface area contributed by atoms with Gasteiger partial charge in [0.15, 0.2) is 0 Å². The van der Waals surface area contributed by atoms with E-state index in [-0.39, 0.29) is 11.3 Å². The molecule has 4 rings (SSSR count). The van der Waals surface area contributed by atoms with Crippen LogP contribution in [0.5, 0.6) is 0 Å². The molecule has 0 bridgehead atoms. The zero-order valence-corrected chi connectivity index (χ0v) is 19.3. The van der Waals surface area contributed by atoms with E-state index in [1.807, 2.05) is 5.38 Å². The molecule has 0 saturated carbocycles. The van der Waals surface area contributed by atoms with Crippen LogP contribution in [0, 0.1) is 24.1 Å². The Morgan fingerprint density at radius 3 is 2.53 bits per heavy atom. The van der Waals surface area contributed by atoms with Crippen molar-refractivity contribution in [1.82, 2.24) is 14.3 Å². The van der Waals surface area contributed by atoms with Crippen LogP contribution in [0.25, 0.3) is 27.3 Å². The van der Waals surface area contributed by atoms with E-state index >= 15 is 0 Å². The van der Waals surface area contributed by atoms with Gasteiger partial charge in [-0.15, -0.1) is 11.3 Å². The first-order valence-corrected chi connectivity index (χ1v) is 12.1. The molecule has 0 unspecified atom stereocenters. The van der Waals surface area contributed by atoms with Crippen LogP contribution in [0.1, 0.15) is 18.1 Å². The van der Waals surface area contributed by atoms with Crippen molar-refractivity contribution in [2.45, 2.75) is 31.0 Å². The number of hydrogen-bond acceptors (Lipinski definition) is 5. The van der Waals surface area contributed by atoms with Gasteiger partial charge in [-0.25, -0.2) is 12.8 Å². The molecule has 176 valence electrons. The molecule has 0 radical (unpaired) electrons. The van der Waals surface area contributed by atoms with Crippen LogP contribution in [0.4, 0.5) is 17.6 Å².